The molecular formula is C16H25N3O2. The van der Waals surface area contributed by atoms with Gasteiger partial charge in [0.1, 0.15) is 0 Å². The number of nitrogen functional groups attached to an aromatic ring is 1. The Hall–Kier alpha value is -1.75. The van der Waals surface area contributed by atoms with Crippen LogP contribution in [0.5, 0.6) is 0 Å². The molecule has 1 fully saturated rings. The molecule has 0 unspecified atom stereocenters. The van der Waals surface area contributed by atoms with Crippen molar-refractivity contribution < 1.29 is 9.53 Å². The summed E-state index contributed by atoms with van der Waals surface area (Å²) in [5.74, 6) is 0.232. The Bertz CT molecular complexity index is 457. The summed E-state index contributed by atoms with van der Waals surface area (Å²) < 4.78 is 5.27. The molecule has 0 saturated carbocycles. The molecule has 0 aliphatic carbocycles. The zero-order chi connectivity index (χ0) is 15.1. The fourth-order valence-electron chi connectivity index (χ4n) is 2.60. The van der Waals surface area contributed by atoms with E-state index in [2.05, 4.69) is 4.90 Å². The van der Waals surface area contributed by atoms with Gasteiger partial charge in [-0.25, -0.2) is 0 Å². The molecule has 5 heteroatoms. The monoisotopic (exact) mass is 291 g/mol. The highest BCUT2D eigenvalue weighted by molar-refractivity contribution is 5.76. The maximum Gasteiger partial charge on any atom is 0.222 e. The van der Waals surface area contributed by atoms with Crippen molar-refractivity contribution in [3.8, 4) is 0 Å². The Morgan fingerprint density at radius 1 is 1.24 bits per heavy atom. The number of ether oxygens (including phenoxy) is 1. The normalized spacial score (nSPS) is 15.3. The van der Waals surface area contributed by atoms with Crippen LogP contribution in [0.1, 0.15) is 19.8 Å². The Morgan fingerprint density at radius 2 is 1.95 bits per heavy atom. The van der Waals surface area contributed by atoms with Crippen molar-refractivity contribution >= 4 is 17.3 Å². The third-order valence-corrected chi connectivity index (χ3v) is 3.79. The number of piperazine rings is 1. The summed E-state index contributed by atoms with van der Waals surface area (Å²) >= 11 is 0. The number of para-hydroxylation sites is 2. The molecule has 2 N–H and O–H groups in total. The second-order valence-corrected chi connectivity index (χ2v) is 5.23. The molecule has 1 heterocycles. The van der Waals surface area contributed by atoms with E-state index >= 15 is 0 Å². The Balaban J connectivity index is 1.78. The first-order valence-electron chi connectivity index (χ1n) is 7.67. The molecule has 0 radical (unpaired) electrons. The fraction of sp³-hybridized carbons (Fsp3) is 0.562. The highest BCUT2D eigenvalue weighted by atomic mass is 16.5. The van der Waals surface area contributed by atoms with Crippen molar-refractivity contribution in [2.75, 3.05) is 50.0 Å². The number of carbonyl (C=O) groups excluding carboxylic acids is 1. The second-order valence-electron chi connectivity index (χ2n) is 5.23. The molecule has 1 amide bonds. The third kappa shape index (κ3) is 4.36. The zero-order valence-corrected chi connectivity index (χ0v) is 12.8. The quantitative estimate of drug-likeness (QED) is 0.640. The van der Waals surface area contributed by atoms with E-state index in [1.54, 1.807) is 0 Å². The second kappa shape index (κ2) is 7.88. The van der Waals surface area contributed by atoms with Gasteiger partial charge in [-0.1, -0.05) is 12.1 Å². The summed E-state index contributed by atoms with van der Waals surface area (Å²) in [6.45, 7) is 6.56. The Morgan fingerprint density at radius 3 is 2.62 bits per heavy atom. The number of hydrogen-bond donors (Lipinski definition) is 1. The van der Waals surface area contributed by atoms with E-state index in [9.17, 15) is 4.79 Å². The number of amides is 1. The van der Waals surface area contributed by atoms with Crippen LogP contribution in [0, 0.1) is 0 Å². The zero-order valence-electron chi connectivity index (χ0n) is 12.8. The number of nitrogens with zero attached hydrogens (tertiary/aromatic N) is 2. The lowest BCUT2D eigenvalue weighted by Crippen LogP contribution is -2.49. The molecule has 2 rings (SSSR count). The molecule has 1 saturated heterocycles. The van der Waals surface area contributed by atoms with E-state index in [1.165, 1.54) is 0 Å². The molecule has 1 aliphatic heterocycles. The fourth-order valence-corrected chi connectivity index (χ4v) is 2.60. The van der Waals surface area contributed by atoms with Gasteiger partial charge in [-0.3, -0.25) is 4.79 Å². The number of anilines is 2. The minimum absolute atomic E-state index is 0.232. The minimum atomic E-state index is 0.232. The summed E-state index contributed by atoms with van der Waals surface area (Å²) in [5.41, 5.74) is 7.87. The standard InChI is InChI=1S/C16H25N3O2/c1-2-21-13-5-8-16(20)19-11-9-18(10-12-19)15-7-4-3-6-14(15)17/h3-4,6-7H,2,5,8-13,17H2,1H3. The van der Waals surface area contributed by atoms with Crippen molar-refractivity contribution in [1.82, 2.24) is 4.90 Å². The molecule has 116 valence electrons. The van der Waals surface area contributed by atoms with Crippen LogP contribution in [0.15, 0.2) is 24.3 Å². The van der Waals surface area contributed by atoms with Crippen LogP contribution in [-0.2, 0) is 9.53 Å². The highest BCUT2D eigenvalue weighted by Crippen LogP contribution is 2.23. The number of nitrogens with two attached hydrogens (primary N) is 1. The van der Waals surface area contributed by atoms with Crippen molar-refractivity contribution in [2.24, 2.45) is 0 Å². The molecule has 0 atom stereocenters. The van der Waals surface area contributed by atoms with Crippen molar-refractivity contribution in [2.45, 2.75) is 19.8 Å². The third-order valence-electron chi connectivity index (χ3n) is 3.79. The summed E-state index contributed by atoms with van der Waals surface area (Å²) in [6.07, 6.45) is 1.38. The molecule has 0 spiro atoms. The molecule has 5 nitrogen and oxygen atoms in total. The number of carbonyl (C=O) groups is 1. The van der Waals surface area contributed by atoms with Crippen LogP contribution >= 0.6 is 0 Å². The lowest BCUT2D eigenvalue weighted by atomic mass is 10.2. The van der Waals surface area contributed by atoms with E-state index in [1.807, 2.05) is 36.1 Å². The summed E-state index contributed by atoms with van der Waals surface area (Å²) in [4.78, 5) is 16.3. The van der Waals surface area contributed by atoms with Crippen LogP contribution in [0.3, 0.4) is 0 Å². The van der Waals surface area contributed by atoms with Gasteiger partial charge in [0.15, 0.2) is 0 Å². The van der Waals surface area contributed by atoms with Gasteiger partial charge >= 0.3 is 0 Å². The van der Waals surface area contributed by atoms with Crippen molar-refractivity contribution in [3.05, 3.63) is 24.3 Å². The van der Waals surface area contributed by atoms with Gasteiger partial charge in [0.05, 0.1) is 11.4 Å². The molecular weight excluding hydrogens is 266 g/mol. The minimum Gasteiger partial charge on any atom is -0.397 e. The highest BCUT2D eigenvalue weighted by Gasteiger charge is 2.21. The average molecular weight is 291 g/mol. The number of rotatable bonds is 6. The van der Waals surface area contributed by atoms with Gasteiger partial charge in [0, 0.05) is 45.8 Å². The van der Waals surface area contributed by atoms with Crippen LogP contribution in [0.25, 0.3) is 0 Å². The van der Waals surface area contributed by atoms with E-state index in [0.717, 1.165) is 44.0 Å². The van der Waals surface area contributed by atoms with E-state index in [0.29, 0.717) is 19.6 Å². The summed E-state index contributed by atoms with van der Waals surface area (Å²) in [7, 11) is 0. The topological polar surface area (TPSA) is 58.8 Å². The Kier molecular flexibility index (Phi) is 5.87. The first-order valence-corrected chi connectivity index (χ1v) is 7.67. The SMILES string of the molecule is CCOCCCC(=O)N1CCN(c2ccccc2N)CC1. The van der Waals surface area contributed by atoms with E-state index < -0.39 is 0 Å². The van der Waals surface area contributed by atoms with Crippen LogP contribution in [0.2, 0.25) is 0 Å². The van der Waals surface area contributed by atoms with Crippen molar-refractivity contribution in [3.63, 3.8) is 0 Å². The lowest BCUT2D eigenvalue weighted by molar-refractivity contribution is -0.131. The maximum absolute atomic E-state index is 12.1. The van der Waals surface area contributed by atoms with Gasteiger partial charge in [0.2, 0.25) is 5.91 Å². The van der Waals surface area contributed by atoms with Gasteiger partial charge in [-0.05, 0) is 25.5 Å². The van der Waals surface area contributed by atoms with Gasteiger partial charge in [-0.15, -0.1) is 0 Å². The summed E-state index contributed by atoms with van der Waals surface area (Å²) in [5, 5.41) is 0. The molecule has 21 heavy (non-hydrogen) atoms. The first-order chi connectivity index (χ1) is 10.2. The predicted molar refractivity (Wildman–Crippen MR) is 85.4 cm³/mol. The van der Waals surface area contributed by atoms with Crippen LogP contribution in [0.4, 0.5) is 11.4 Å². The maximum atomic E-state index is 12.1. The smallest absolute Gasteiger partial charge is 0.222 e. The van der Waals surface area contributed by atoms with Crippen molar-refractivity contribution in [1.29, 1.82) is 0 Å². The number of hydrogen-bond acceptors (Lipinski definition) is 4. The van der Waals surface area contributed by atoms with E-state index in [-0.39, 0.29) is 5.91 Å². The van der Waals surface area contributed by atoms with Gasteiger partial charge in [0.25, 0.3) is 0 Å². The predicted octanol–water partition coefficient (Wildman–Crippen LogP) is 1.73. The molecule has 1 aliphatic rings. The Labute approximate surface area is 126 Å². The first kappa shape index (κ1) is 15.6. The van der Waals surface area contributed by atoms with Gasteiger partial charge in [-0.2, -0.15) is 0 Å². The number of benzene rings is 1. The summed E-state index contributed by atoms with van der Waals surface area (Å²) in [6, 6.07) is 7.89. The molecule has 1 aromatic carbocycles. The molecule has 1 aromatic rings. The molecule has 0 bridgehead atoms. The van der Waals surface area contributed by atoms with Crippen LogP contribution in [-0.4, -0.2) is 50.2 Å². The molecule has 0 aromatic heterocycles. The average Bonchev–Trinajstić information content (AvgIpc) is 2.52. The largest absolute Gasteiger partial charge is 0.397 e. The van der Waals surface area contributed by atoms with E-state index in [4.69, 9.17) is 10.5 Å². The lowest BCUT2D eigenvalue weighted by Gasteiger charge is -2.36. The van der Waals surface area contributed by atoms with Gasteiger partial charge < -0.3 is 20.3 Å². The van der Waals surface area contributed by atoms with Crippen LogP contribution < -0.4 is 10.6 Å².